The van der Waals surface area contributed by atoms with Gasteiger partial charge >= 0.3 is 0 Å². The lowest BCUT2D eigenvalue weighted by Crippen LogP contribution is -2.17. The molecule has 0 radical (unpaired) electrons. The van der Waals surface area contributed by atoms with Gasteiger partial charge in [-0.25, -0.2) is 8.42 Å². The lowest BCUT2D eigenvalue weighted by Gasteiger charge is -2.04. The number of anilines is 1. The fraction of sp³-hybridized carbons (Fsp3) is 0.625. The maximum absolute atomic E-state index is 11.4. The Kier molecular flexibility index (Phi) is 3.96. The fourth-order valence-electron chi connectivity index (χ4n) is 1.05. The Morgan fingerprint density at radius 2 is 2.13 bits per heavy atom. The van der Waals surface area contributed by atoms with E-state index < -0.39 is 9.84 Å². The summed E-state index contributed by atoms with van der Waals surface area (Å²) >= 11 is 0. The summed E-state index contributed by atoms with van der Waals surface area (Å²) in [7, 11) is -3.08. The summed E-state index contributed by atoms with van der Waals surface area (Å²) in [6.07, 6.45) is 1.51. The number of hydrogen-bond donors (Lipinski definition) is 3. The van der Waals surface area contributed by atoms with Crippen LogP contribution in [0.1, 0.15) is 19.8 Å². The number of aromatic amines is 2. The molecular formula is C8H15N3O3S. The van der Waals surface area contributed by atoms with Crippen molar-refractivity contribution in [3.63, 3.8) is 0 Å². The molecule has 0 atom stereocenters. The molecule has 7 heteroatoms. The molecule has 3 N–H and O–H groups in total. The quantitative estimate of drug-likeness (QED) is 0.658. The smallest absolute Gasteiger partial charge is 0.266 e. The first-order valence-electron chi connectivity index (χ1n) is 4.75. The zero-order valence-electron chi connectivity index (χ0n) is 8.54. The van der Waals surface area contributed by atoms with Gasteiger partial charge in [-0.1, -0.05) is 13.3 Å². The van der Waals surface area contributed by atoms with Gasteiger partial charge < -0.3 is 5.32 Å². The molecule has 86 valence electrons. The van der Waals surface area contributed by atoms with Crippen molar-refractivity contribution in [3.8, 4) is 0 Å². The maximum Gasteiger partial charge on any atom is 0.266 e. The Morgan fingerprint density at radius 1 is 1.40 bits per heavy atom. The van der Waals surface area contributed by atoms with E-state index in [-0.39, 0.29) is 17.2 Å². The third-order valence-corrected chi connectivity index (χ3v) is 3.38. The van der Waals surface area contributed by atoms with Crippen molar-refractivity contribution < 1.29 is 8.42 Å². The van der Waals surface area contributed by atoms with Gasteiger partial charge in [-0.15, -0.1) is 0 Å². The predicted molar refractivity (Wildman–Crippen MR) is 58.6 cm³/mol. The number of hydrogen-bond acceptors (Lipinski definition) is 4. The number of sulfone groups is 1. The van der Waals surface area contributed by atoms with Crippen molar-refractivity contribution in [2.45, 2.75) is 19.8 Å². The molecule has 1 aromatic heterocycles. The zero-order valence-corrected chi connectivity index (χ0v) is 9.36. The summed E-state index contributed by atoms with van der Waals surface area (Å²) in [5, 5.41) is 7.47. The maximum atomic E-state index is 11.4. The monoisotopic (exact) mass is 233 g/mol. The highest BCUT2D eigenvalue weighted by Gasteiger charge is 2.09. The Bertz CT molecular complexity index is 446. The zero-order chi connectivity index (χ0) is 11.3. The van der Waals surface area contributed by atoms with Crippen molar-refractivity contribution in [2.75, 3.05) is 16.9 Å². The van der Waals surface area contributed by atoms with E-state index in [0.717, 1.165) is 6.42 Å². The van der Waals surface area contributed by atoms with Crippen molar-refractivity contribution in [1.82, 2.24) is 10.2 Å². The first-order chi connectivity index (χ1) is 7.03. The van der Waals surface area contributed by atoms with Crippen LogP contribution >= 0.6 is 0 Å². The minimum Gasteiger partial charge on any atom is -0.357 e. The third-order valence-electron chi connectivity index (χ3n) is 1.89. The van der Waals surface area contributed by atoms with E-state index >= 15 is 0 Å². The van der Waals surface area contributed by atoms with E-state index in [0.29, 0.717) is 12.2 Å². The fourth-order valence-corrected chi connectivity index (χ4v) is 2.30. The highest BCUT2D eigenvalue weighted by atomic mass is 32.2. The largest absolute Gasteiger partial charge is 0.357 e. The summed E-state index contributed by atoms with van der Waals surface area (Å²) in [6.45, 7) is 1.94. The van der Waals surface area contributed by atoms with Crippen molar-refractivity contribution in [1.29, 1.82) is 0 Å². The molecule has 1 rings (SSSR count). The topological polar surface area (TPSA) is 94.8 Å². The van der Waals surface area contributed by atoms with E-state index in [1.54, 1.807) is 0 Å². The molecule has 0 aliphatic heterocycles. The first-order valence-corrected chi connectivity index (χ1v) is 6.57. The van der Waals surface area contributed by atoms with Crippen molar-refractivity contribution in [3.05, 3.63) is 16.4 Å². The van der Waals surface area contributed by atoms with Crippen LogP contribution in [0.5, 0.6) is 0 Å². The van der Waals surface area contributed by atoms with Crippen LogP contribution in [0, 0.1) is 0 Å². The highest BCUT2D eigenvalue weighted by molar-refractivity contribution is 7.91. The van der Waals surface area contributed by atoms with E-state index in [9.17, 15) is 13.2 Å². The summed E-state index contributed by atoms with van der Waals surface area (Å²) in [6, 6.07) is 1.27. The molecule has 0 unspecified atom stereocenters. The Balaban J connectivity index is 2.46. The van der Waals surface area contributed by atoms with Crippen molar-refractivity contribution >= 4 is 15.7 Å². The standard InChI is InChI=1S/C8H15N3O3S/c1-2-3-4-15(13,14)6-9-7-5-8(12)11-10-7/h5H,2-4,6H2,1H3,(H3,9,10,11,12). The molecule has 15 heavy (non-hydrogen) atoms. The minimum atomic E-state index is -3.08. The molecule has 0 aromatic carbocycles. The van der Waals surface area contributed by atoms with Crippen molar-refractivity contribution in [2.24, 2.45) is 0 Å². The Hall–Kier alpha value is -1.24. The van der Waals surface area contributed by atoms with Crippen LogP contribution in [0.2, 0.25) is 0 Å². The van der Waals surface area contributed by atoms with Crippen LogP contribution in [0.15, 0.2) is 10.9 Å². The van der Waals surface area contributed by atoms with Gasteiger partial charge in [0, 0.05) is 6.07 Å². The molecule has 1 aromatic rings. The molecule has 0 saturated carbocycles. The van der Waals surface area contributed by atoms with Gasteiger partial charge in [-0.3, -0.25) is 15.0 Å². The van der Waals surface area contributed by atoms with Crippen LogP contribution in [0.25, 0.3) is 0 Å². The molecule has 0 aliphatic carbocycles. The summed E-state index contributed by atoms with van der Waals surface area (Å²) in [5.74, 6) is 0.409. The summed E-state index contributed by atoms with van der Waals surface area (Å²) in [5.41, 5.74) is -0.288. The van der Waals surface area contributed by atoms with Gasteiger partial charge in [-0.05, 0) is 6.42 Å². The van der Waals surface area contributed by atoms with Gasteiger partial charge in [0.15, 0.2) is 9.84 Å². The Labute approximate surface area is 88.0 Å². The summed E-state index contributed by atoms with van der Waals surface area (Å²) < 4.78 is 22.8. The lowest BCUT2D eigenvalue weighted by molar-refractivity contribution is 0.594. The number of unbranched alkanes of at least 4 members (excludes halogenated alkanes) is 1. The van der Waals surface area contributed by atoms with E-state index in [4.69, 9.17) is 0 Å². The highest BCUT2D eigenvalue weighted by Crippen LogP contribution is 2.00. The molecule has 0 aliphatic rings. The molecule has 0 saturated heterocycles. The van der Waals surface area contributed by atoms with Gasteiger partial charge in [0.1, 0.15) is 11.7 Å². The van der Waals surface area contributed by atoms with Crippen LogP contribution in [0.3, 0.4) is 0 Å². The molecule has 0 fully saturated rings. The second-order valence-electron chi connectivity index (χ2n) is 3.29. The van der Waals surface area contributed by atoms with E-state index in [2.05, 4.69) is 15.5 Å². The lowest BCUT2D eigenvalue weighted by atomic mass is 10.4. The normalized spacial score (nSPS) is 11.5. The number of nitrogens with one attached hydrogen (secondary N) is 3. The van der Waals surface area contributed by atoms with Crippen LogP contribution in [0.4, 0.5) is 5.82 Å². The van der Waals surface area contributed by atoms with Gasteiger partial charge in [0.05, 0.1) is 5.75 Å². The molecule has 1 heterocycles. The van der Waals surface area contributed by atoms with E-state index in [1.165, 1.54) is 6.07 Å². The number of aromatic nitrogens is 2. The number of rotatable bonds is 6. The van der Waals surface area contributed by atoms with Crippen LogP contribution in [-0.2, 0) is 9.84 Å². The van der Waals surface area contributed by atoms with Gasteiger partial charge in [0.2, 0.25) is 0 Å². The van der Waals surface area contributed by atoms with Crippen LogP contribution < -0.4 is 10.9 Å². The average molecular weight is 233 g/mol. The number of H-pyrrole nitrogens is 2. The van der Waals surface area contributed by atoms with Gasteiger partial charge in [0.25, 0.3) is 5.56 Å². The van der Waals surface area contributed by atoms with Gasteiger partial charge in [-0.2, -0.15) is 0 Å². The average Bonchev–Trinajstić information content (AvgIpc) is 2.59. The van der Waals surface area contributed by atoms with E-state index in [1.807, 2.05) is 6.92 Å². The molecule has 0 spiro atoms. The first kappa shape index (κ1) is 11.8. The molecular weight excluding hydrogens is 218 g/mol. The third kappa shape index (κ3) is 4.20. The Morgan fingerprint density at radius 3 is 2.67 bits per heavy atom. The summed E-state index contributed by atoms with van der Waals surface area (Å²) in [4.78, 5) is 10.7. The molecule has 0 bridgehead atoms. The van der Waals surface area contributed by atoms with Crippen LogP contribution in [-0.4, -0.2) is 30.2 Å². The predicted octanol–water partition coefficient (Wildman–Crippen LogP) is 0.287. The molecule has 6 nitrogen and oxygen atoms in total. The minimum absolute atomic E-state index is 0.152. The molecule has 0 amide bonds. The second kappa shape index (κ2) is 5.01. The SMILES string of the molecule is CCCCS(=O)(=O)CNc1cc(=O)[nH][nH]1. The second-order valence-corrected chi connectivity index (χ2v) is 5.48.